The number of H-pyrrole nitrogens is 1. The molecule has 2 aromatic rings. The van der Waals surface area contributed by atoms with Crippen molar-refractivity contribution in [1.82, 2.24) is 4.98 Å². The zero-order valence-electron chi connectivity index (χ0n) is 7.50. The van der Waals surface area contributed by atoms with Gasteiger partial charge in [0.15, 0.2) is 0 Å². The molecule has 0 aliphatic heterocycles. The van der Waals surface area contributed by atoms with Crippen LogP contribution in [0, 0.1) is 0 Å². The molecule has 0 atom stereocenters. The van der Waals surface area contributed by atoms with Gasteiger partial charge >= 0.3 is 0 Å². The number of aromatic nitrogens is 1. The Morgan fingerprint density at radius 2 is 2.31 bits per heavy atom. The smallest absolute Gasteiger partial charge is 0.0477 e. The van der Waals surface area contributed by atoms with Crippen LogP contribution in [0.2, 0.25) is 0 Å². The second-order valence-corrected chi connectivity index (χ2v) is 3.92. The number of fused-ring (bicyclic) bond motifs is 1. The highest BCUT2D eigenvalue weighted by Gasteiger charge is 2.02. The van der Waals surface area contributed by atoms with Crippen molar-refractivity contribution in [3.05, 3.63) is 30.0 Å². The first-order valence-corrected chi connectivity index (χ1v) is 5.55. The second-order valence-electron chi connectivity index (χ2n) is 3.05. The minimum Gasteiger partial charge on any atom is -0.399 e. The van der Waals surface area contributed by atoms with E-state index in [0.29, 0.717) is 0 Å². The summed E-state index contributed by atoms with van der Waals surface area (Å²) in [7, 11) is 0. The average molecular weight is 192 g/mol. The summed E-state index contributed by atoms with van der Waals surface area (Å²) in [5.74, 6) is 1.05. The third kappa shape index (κ3) is 1.52. The molecule has 2 rings (SSSR count). The topological polar surface area (TPSA) is 41.8 Å². The number of nitrogens with one attached hydrogen (secondary N) is 1. The van der Waals surface area contributed by atoms with Crippen LogP contribution >= 0.6 is 11.8 Å². The Morgan fingerprint density at radius 3 is 3.08 bits per heavy atom. The molecule has 0 amide bonds. The van der Waals surface area contributed by atoms with Crippen molar-refractivity contribution in [2.45, 2.75) is 5.75 Å². The van der Waals surface area contributed by atoms with E-state index in [1.807, 2.05) is 23.9 Å². The van der Waals surface area contributed by atoms with E-state index in [2.05, 4.69) is 23.5 Å². The summed E-state index contributed by atoms with van der Waals surface area (Å²) in [5.41, 5.74) is 8.97. The van der Waals surface area contributed by atoms with Crippen molar-refractivity contribution in [2.24, 2.45) is 0 Å². The molecule has 2 nitrogen and oxygen atoms in total. The number of thioether (sulfide) groups is 1. The molecule has 0 fully saturated rings. The molecular weight excluding hydrogens is 180 g/mol. The van der Waals surface area contributed by atoms with Crippen molar-refractivity contribution < 1.29 is 0 Å². The van der Waals surface area contributed by atoms with Gasteiger partial charge in [0.25, 0.3) is 0 Å². The summed E-state index contributed by atoms with van der Waals surface area (Å²) in [6.07, 6.45) is 4.16. The first-order valence-electron chi connectivity index (χ1n) is 4.15. The molecule has 3 heteroatoms. The summed E-state index contributed by atoms with van der Waals surface area (Å²) < 4.78 is 0. The number of hydrogen-bond acceptors (Lipinski definition) is 2. The van der Waals surface area contributed by atoms with Crippen molar-refractivity contribution in [2.75, 3.05) is 12.0 Å². The maximum atomic E-state index is 5.68. The minimum atomic E-state index is 0.810. The quantitative estimate of drug-likeness (QED) is 0.718. The van der Waals surface area contributed by atoms with E-state index in [-0.39, 0.29) is 0 Å². The van der Waals surface area contributed by atoms with E-state index in [9.17, 15) is 0 Å². The number of hydrogen-bond donors (Lipinski definition) is 2. The van der Waals surface area contributed by atoms with Gasteiger partial charge in [0, 0.05) is 28.5 Å². The Hall–Kier alpha value is -1.09. The summed E-state index contributed by atoms with van der Waals surface area (Å²) in [5, 5.41) is 1.28. The SMILES string of the molecule is CSCc1c[nH]c2cc(N)ccc12. The normalized spacial score (nSPS) is 10.8. The van der Waals surface area contributed by atoms with Gasteiger partial charge in [-0.3, -0.25) is 0 Å². The number of nitrogen functional groups attached to an aromatic ring is 1. The molecule has 0 spiro atoms. The molecule has 0 radical (unpaired) electrons. The first kappa shape index (κ1) is 8.51. The van der Waals surface area contributed by atoms with Crippen molar-refractivity contribution in [1.29, 1.82) is 0 Å². The molecule has 1 aromatic carbocycles. The number of benzene rings is 1. The molecule has 0 aliphatic rings. The highest BCUT2D eigenvalue weighted by atomic mass is 32.2. The molecule has 68 valence electrons. The second kappa shape index (κ2) is 3.34. The van der Waals surface area contributed by atoms with E-state index in [1.54, 1.807) is 0 Å². The lowest BCUT2D eigenvalue weighted by Gasteiger charge is -1.96. The van der Waals surface area contributed by atoms with Crippen LogP contribution in [-0.4, -0.2) is 11.2 Å². The number of rotatable bonds is 2. The van der Waals surface area contributed by atoms with Gasteiger partial charge in [-0.15, -0.1) is 0 Å². The lowest BCUT2D eigenvalue weighted by molar-refractivity contribution is 1.40. The fourth-order valence-electron chi connectivity index (χ4n) is 1.48. The van der Waals surface area contributed by atoms with E-state index in [1.165, 1.54) is 10.9 Å². The molecule has 1 heterocycles. The molecule has 13 heavy (non-hydrogen) atoms. The summed E-state index contributed by atoms with van der Waals surface area (Å²) in [4.78, 5) is 3.22. The number of nitrogens with two attached hydrogens (primary N) is 1. The molecule has 0 saturated carbocycles. The average Bonchev–Trinajstić information content (AvgIpc) is 2.49. The lowest BCUT2D eigenvalue weighted by Crippen LogP contribution is -1.83. The maximum Gasteiger partial charge on any atom is 0.0477 e. The number of aromatic amines is 1. The van der Waals surface area contributed by atoms with Crippen LogP contribution in [0.3, 0.4) is 0 Å². The fraction of sp³-hybridized carbons (Fsp3) is 0.200. The fourth-order valence-corrected chi connectivity index (χ4v) is 2.03. The van der Waals surface area contributed by atoms with Gasteiger partial charge in [-0.25, -0.2) is 0 Å². The Bertz CT molecular complexity index is 420. The number of anilines is 1. The van der Waals surface area contributed by atoms with Crippen LogP contribution in [0.25, 0.3) is 10.9 Å². The highest BCUT2D eigenvalue weighted by Crippen LogP contribution is 2.23. The van der Waals surface area contributed by atoms with Crippen LogP contribution in [0.4, 0.5) is 5.69 Å². The molecular formula is C10H12N2S. The third-order valence-electron chi connectivity index (χ3n) is 2.09. The monoisotopic (exact) mass is 192 g/mol. The predicted octanol–water partition coefficient (Wildman–Crippen LogP) is 2.61. The summed E-state index contributed by atoms with van der Waals surface area (Å²) in [6.45, 7) is 0. The van der Waals surface area contributed by atoms with Crippen LogP contribution < -0.4 is 5.73 Å². The Labute approximate surface area is 81.5 Å². The Kier molecular flexibility index (Phi) is 2.19. The summed E-state index contributed by atoms with van der Waals surface area (Å²) in [6, 6.07) is 5.99. The van der Waals surface area contributed by atoms with Gasteiger partial charge in [0.2, 0.25) is 0 Å². The predicted molar refractivity (Wildman–Crippen MR) is 59.9 cm³/mol. The van der Waals surface area contributed by atoms with Gasteiger partial charge in [0.05, 0.1) is 0 Å². The van der Waals surface area contributed by atoms with Crippen molar-refractivity contribution in [3.63, 3.8) is 0 Å². The lowest BCUT2D eigenvalue weighted by atomic mass is 10.2. The summed E-state index contributed by atoms with van der Waals surface area (Å²) >= 11 is 1.83. The molecule has 0 aliphatic carbocycles. The largest absolute Gasteiger partial charge is 0.399 e. The van der Waals surface area contributed by atoms with E-state index in [4.69, 9.17) is 5.73 Å². The van der Waals surface area contributed by atoms with Crippen LogP contribution in [-0.2, 0) is 5.75 Å². The van der Waals surface area contributed by atoms with Gasteiger partial charge < -0.3 is 10.7 Å². The molecule has 0 bridgehead atoms. The molecule has 1 aromatic heterocycles. The zero-order chi connectivity index (χ0) is 9.26. The standard InChI is InChI=1S/C10H12N2S/c1-13-6-7-5-12-10-4-8(11)2-3-9(7)10/h2-5,12H,6,11H2,1H3. The van der Waals surface area contributed by atoms with Crippen LogP contribution in [0.15, 0.2) is 24.4 Å². The highest BCUT2D eigenvalue weighted by molar-refractivity contribution is 7.97. The Balaban J connectivity index is 2.55. The molecule has 3 N–H and O–H groups in total. The van der Waals surface area contributed by atoms with Gasteiger partial charge in [-0.2, -0.15) is 11.8 Å². The zero-order valence-corrected chi connectivity index (χ0v) is 8.32. The van der Waals surface area contributed by atoms with E-state index < -0.39 is 0 Å². The molecule has 0 unspecified atom stereocenters. The van der Waals surface area contributed by atoms with Gasteiger partial charge in [-0.05, 0) is 24.0 Å². The van der Waals surface area contributed by atoms with Gasteiger partial charge in [0.1, 0.15) is 0 Å². The van der Waals surface area contributed by atoms with E-state index in [0.717, 1.165) is 17.0 Å². The van der Waals surface area contributed by atoms with Crippen molar-refractivity contribution in [3.8, 4) is 0 Å². The Morgan fingerprint density at radius 1 is 1.46 bits per heavy atom. The first-order chi connectivity index (χ1) is 6.31. The maximum absolute atomic E-state index is 5.68. The van der Waals surface area contributed by atoms with E-state index >= 15 is 0 Å². The van der Waals surface area contributed by atoms with Crippen LogP contribution in [0.5, 0.6) is 0 Å². The third-order valence-corrected chi connectivity index (χ3v) is 2.69. The van der Waals surface area contributed by atoms with Crippen molar-refractivity contribution >= 4 is 28.4 Å². The van der Waals surface area contributed by atoms with Crippen LogP contribution in [0.1, 0.15) is 5.56 Å². The minimum absolute atomic E-state index is 0.810. The molecule has 0 saturated heterocycles. The van der Waals surface area contributed by atoms with Gasteiger partial charge in [-0.1, -0.05) is 6.07 Å².